The van der Waals surface area contributed by atoms with Gasteiger partial charge in [0, 0.05) is 5.41 Å². The lowest BCUT2D eigenvalue weighted by atomic mass is 9.96. The molecule has 0 radical (unpaired) electrons. The molecule has 0 saturated carbocycles. The summed E-state index contributed by atoms with van der Waals surface area (Å²) in [5, 5.41) is 21.9. The summed E-state index contributed by atoms with van der Waals surface area (Å²) in [6.45, 7) is 6.04. The lowest BCUT2D eigenvalue weighted by Gasteiger charge is -2.15. The molecule has 2 rings (SSSR count). The average Bonchev–Trinajstić information content (AvgIpc) is 2.78. The zero-order chi connectivity index (χ0) is 15.6. The van der Waals surface area contributed by atoms with Gasteiger partial charge in [-0.15, -0.1) is 0 Å². The van der Waals surface area contributed by atoms with Crippen LogP contribution >= 0.6 is 12.2 Å². The van der Waals surface area contributed by atoms with Gasteiger partial charge in [0.15, 0.2) is 5.82 Å². The van der Waals surface area contributed by atoms with Crippen LogP contribution in [0.1, 0.15) is 42.5 Å². The molecule has 2 aromatic rings. The Morgan fingerprint density at radius 2 is 2.00 bits per heavy atom. The number of H-pyrrole nitrogens is 1. The predicted octanol–water partition coefficient (Wildman–Crippen LogP) is 1.48. The molecule has 0 fully saturated rings. The summed E-state index contributed by atoms with van der Waals surface area (Å²) in [4.78, 5) is 10.7. The first-order valence-electron chi connectivity index (χ1n) is 6.33. The zero-order valence-electron chi connectivity index (χ0n) is 12.0. The molecule has 0 unspecified atom stereocenters. The van der Waals surface area contributed by atoms with Crippen molar-refractivity contribution in [1.29, 1.82) is 0 Å². The van der Waals surface area contributed by atoms with Crippen molar-refractivity contribution in [2.45, 2.75) is 26.2 Å². The van der Waals surface area contributed by atoms with Crippen LogP contribution in [0.15, 0.2) is 29.4 Å². The van der Waals surface area contributed by atoms with E-state index in [9.17, 15) is 9.90 Å². The third-order valence-electron chi connectivity index (χ3n) is 2.79. The molecule has 110 valence electrons. The molecule has 6 nitrogen and oxygen atoms in total. The van der Waals surface area contributed by atoms with Crippen molar-refractivity contribution < 1.29 is 9.90 Å². The Morgan fingerprint density at radius 1 is 1.38 bits per heavy atom. The molecule has 0 saturated heterocycles. The fourth-order valence-corrected chi connectivity index (χ4v) is 1.89. The number of rotatable bonds is 3. The molecule has 0 atom stereocenters. The molecular weight excluding hydrogens is 288 g/mol. The number of carboxylic acids is 1. The largest absolute Gasteiger partial charge is 0.545 e. The maximum Gasteiger partial charge on any atom is 0.216 e. The van der Waals surface area contributed by atoms with E-state index in [2.05, 4.69) is 15.3 Å². The van der Waals surface area contributed by atoms with E-state index in [0.717, 1.165) is 11.4 Å². The second kappa shape index (κ2) is 5.61. The fraction of sp³-hybridized carbons (Fsp3) is 0.286. The topological polar surface area (TPSA) is 86.1 Å². The van der Waals surface area contributed by atoms with Crippen LogP contribution in [0.3, 0.4) is 0 Å². The summed E-state index contributed by atoms with van der Waals surface area (Å²) in [5.74, 6) is -0.485. The first-order valence-corrected chi connectivity index (χ1v) is 6.73. The third-order valence-corrected chi connectivity index (χ3v) is 3.05. The smallest absolute Gasteiger partial charge is 0.216 e. The molecule has 7 heteroatoms. The highest BCUT2D eigenvalue weighted by Crippen LogP contribution is 2.19. The fourth-order valence-electron chi connectivity index (χ4n) is 1.71. The molecular formula is C14H15N4O2S-. The SMILES string of the molecule is CC(C)(C)c1n[nH]c(=S)n1/N=C\c1ccc(C(=O)[O-])cc1. The van der Waals surface area contributed by atoms with Crippen molar-refractivity contribution in [2.75, 3.05) is 0 Å². The lowest BCUT2D eigenvalue weighted by molar-refractivity contribution is -0.255. The highest BCUT2D eigenvalue weighted by atomic mass is 32.1. The number of carboxylic acid groups (broad SMARTS) is 1. The van der Waals surface area contributed by atoms with E-state index in [1.807, 2.05) is 20.8 Å². The van der Waals surface area contributed by atoms with Gasteiger partial charge >= 0.3 is 0 Å². The number of nitrogens with one attached hydrogen (secondary N) is 1. The van der Waals surface area contributed by atoms with E-state index in [-0.39, 0.29) is 11.0 Å². The first-order chi connectivity index (χ1) is 9.79. The van der Waals surface area contributed by atoms with Gasteiger partial charge in [-0.25, -0.2) is 0 Å². The molecule has 0 aliphatic heterocycles. The maximum absolute atomic E-state index is 10.7. The number of hydrogen-bond donors (Lipinski definition) is 1. The van der Waals surface area contributed by atoms with Crippen LogP contribution in [0.25, 0.3) is 0 Å². The highest BCUT2D eigenvalue weighted by molar-refractivity contribution is 7.71. The molecule has 1 N–H and O–H groups in total. The van der Waals surface area contributed by atoms with Crippen LogP contribution < -0.4 is 5.11 Å². The summed E-state index contributed by atoms with van der Waals surface area (Å²) in [6, 6.07) is 6.23. The van der Waals surface area contributed by atoms with Crippen molar-refractivity contribution >= 4 is 24.4 Å². The number of carbonyl (C=O) groups is 1. The normalized spacial score (nSPS) is 12.0. The lowest BCUT2D eigenvalue weighted by Crippen LogP contribution is -2.22. The monoisotopic (exact) mass is 303 g/mol. The van der Waals surface area contributed by atoms with E-state index < -0.39 is 5.97 Å². The van der Waals surface area contributed by atoms with Gasteiger partial charge in [0.1, 0.15) is 0 Å². The van der Waals surface area contributed by atoms with Crippen molar-refractivity contribution in [2.24, 2.45) is 5.10 Å². The van der Waals surface area contributed by atoms with Gasteiger partial charge < -0.3 is 9.90 Å². The predicted molar refractivity (Wildman–Crippen MR) is 79.9 cm³/mol. The summed E-state index contributed by atoms with van der Waals surface area (Å²) in [6.07, 6.45) is 1.60. The van der Waals surface area contributed by atoms with Crippen LogP contribution in [0, 0.1) is 4.77 Å². The Balaban J connectivity index is 2.32. The van der Waals surface area contributed by atoms with E-state index >= 15 is 0 Å². The van der Waals surface area contributed by atoms with Gasteiger partial charge in [0.25, 0.3) is 0 Å². The number of hydrogen-bond acceptors (Lipinski definition) is 5. The van der Waals surface area contributed by atoms with E-state index in [1.54, 1.807) is 23.0 Å². The second-order valence-electron chi connectivity index (χ2n) is 5.57. The number of aromatic nitrogens is 3. The van der Waals surface area contributed by atoms with E-state index in [0.29, 0.717) is 4.77 Å². The van der Waals surface area contributed by atoms with Crippen molar-refractivity contribution in [3.63, 3.8) is 0 Å². The van der Waals surface area contributed by atoms with Crippen LogP contribution in [-0.2, 0) is 5.41 Å². The van der Waals surface area contributed by atoms with E-state index in [1.165, 1.54) is 12.1 Å². The summed E-state index contributed by atoms with van der Waals surface area (Å²) in [7, 11) is 0. The molecule has 1 aromatic heterocycles. The summed E-state index contributed by atoms with van der Waals surface area (Å²) in [5.41, 5.74) is 0.675. The quantitative estimate of drug-likeness (QED) is 0.687. The van der Waals surface area contributed by atoms with Crippen LogP contribution in [-0.4, -0.2) is 27.1 Å². The van der Waals surface area contributed by atoms with Gasteiger partial charge in [-0.05, 0) is 23.3 Å². The van der Waals surface area contributed by atoms with Gasteiger partial charge in [-0.1, -0.05) is 45.0 Å². The molecule has 0 aliphatic carbocycles. The van der Waals surface area contributed by atoms with Gasteiger partial charge in [-0.2, -0.15) is 14.9 Å². The Labute approximate surface area is 127 Å². The minimum atomic E-state index is -1.20. The van der Waals surface area contributed by atoms with Crippen molar-refractivity contribution in [1.82, 2.24) is 14.9 Å². The first kappa shape index (κ1) is 15.1. The minimum Gasteiger partial charge on any atom is -0.545 e. The van der Waals surface area contributed by atoms with Gasteiger partial charge in [0.2, 0.25) is 4.77 Å². The third kappa shape index (κ3) is 3.43. The minimum absolute atomic E-state index is 0.127. The standard InChI is InChI=1S/C14H16N4O2S/c1-14(2,3)12-16-17-13(21)18(12)15-8-9-4-6-10(7-5-9)11(19)20/h4-8H,1-3H3,(H,17,21)(H,19,20)/p-1/b15-8-. The number of aromatic amines is 1. The molecule has 0 spiro atoms. The number of aromatic carboxylic acids is 1. The Morgan fingerprint density at radius 3 is 2.52 bits per heavy atom. The van der Waals surface area contributed by atoms with Crippen LogP contribution in [0.5, 0.6) is 0 Å². The molecule has 0 aliphatic rings. The van der Waals surface area contributed by atoms with Crippen LogP contribution in [0.2, 0.25) is 0 Å². The second-order valence-corrected chi connectivity index (χ2v) is 5.95. The van der Waals surface area contributed by atoms with E-state index in [4.69, 9.17) is 12.2 Å². The van der Waals surface area contributed by atoms with Crippen molar-refractivity contribution in [3.8, 4) is 0 Å². The molecule has 21 heavy (non-hydrogen) atoms. The van der Waals surface area contributed by atoms with Crippen LogP contribution in [0.4, 0.5) is 0 Å². The maximum atomic E-state index is 10.7. The number of benzene rings is 1. The molecule has 0 bridgehead atoms. The molecule has 1 aromatic carbocycles. The highest BCUT2D eigenvalue weighted by Gasteiger charge is 2.21. The average molecular weight is 303 g/mol. The Bertz CT molecular complexity index is 736. The molecule has 1 heterocycles. The summed E-state index contributed by atoms with van der Waals surface area (Å²) < 4.78 is 1.96. The molecule has 0 amide bonds. The Hall–Kier alpha value is -2.28. The van der Waals surface area contributed by atoms with Gasteiger partial charge in [-0.3, -0.25) is 5.10 Å². The number of nitrogens with zero attached hydrogens (tertiary/aromatic N) is 3. The number of carbonyl (C=O) groups excluding carboxylic acids is 1. The summed E-state index contributed by atoms with van der Waals surface area (Å²) >= 11 is 5.16. The van der Waals surface area contributed by atoms with Crippen molar-refractivity contribution in [3.05, 3.63) is 46.0 Å². The Kier molecular flexibility index (Phi) is 4.04. The van der Waals surface area contributed by atoms with Gasteiger partial charge in [0.05, 0.1) is 12.2 Å². The zero-order valence-corrected chi connectivity index (χ0v) is 12.8.